The molecule has 0 radical (unpaired) electrons. The van der Waals surface area contributed by atoms with Gasteiger partial charge in [0.05, 0.1) is 23.3 Å². The lowest BCUT2D eigenvalue weighted by molar-refractivity contribution is 0.0697. The van der Waals surface area contributed by atoms with Crippen LogP contribution in [0.15, 0.2) is 85.1 Å². The molecule has 4 aromatic rings. The second-order valence-corrected chi connectivity index (χ2v) is 8.74. The molecule has 2 N–H and O–H groups in total. The third-order valence-electron chi connectivity index (χ3n) is 6.27. The molecular formula is C27H24N4O2S. The van der Waals surface area contributed by atoms with Crippen molar-refractivity contribution in [3.8, 4) is 5.69 Å². The van der Waals surface area contributed by atoms with Crippen LogP contribution in [0.1, 0.15) is 45.1 Å². The van der Waals surface area contributed by atoms with Crippen LogP contribution in [-0.2, 0) is 0 Å². The third-order valence-corrected chi connectivity index (χ3v) is 6.59. The molecule has 1 aliphatic heterocycles. The Morgan fingerprint density at radius 2 is 1.71 bits per heavy atom. The molecule has 1 aliphatic rings. The van der Waals surface area contributed by atoms with Crippen molar-refractivity contribution in [3.63, 3.8) is 0 Å². The smallest absolute Gasteiger partial charge is 0.335 e. The molecule has 2 aromatic heterocycles. The minimum Gasteiger partial charge on any atom is -0.478 e. The van der Waals surface area contributed by atoms with E-state index in [4.69, 9.17) is 12.2 Å². The molecule has 0 aliphatic carbocycles. The third kappa shape index (κ3) is 3.74. The number of rotatable bonds is 5. The van der Waals surface area contributed by atoms with E-state index in [-0.39, 0.29) is 17.6 Å². The lowest BCUT2D eigenvalue weighted by Gasteiger charge is -2.28. The summed E-state index contributed by atoms with van der Waals surface area (Å²) in [6, 6.07) is 24.9. The first-order chi connectivity index (χ1) is 16.5. The number of pyridine rings is 1. The quantitative estimate of drug-likeness (QED) is 0.384. The molecule has 2 atom stereocenters. The van der Waals surface area contributed by atoms with Crippen LogP contribution in [0, 0.1) is 13.8 Å². The molecule has 5 rings (SSSR count). The second kappa shape index (κ2) is 8.76. The summed E-state index contributed by atoms with van der Waals surface area (Å²) in [4.78, 5) is 18.3. The van der Waals surface area contributed by atoms with E-state index in [0.717, 1.165) is 34.0 Å². The molecule has 0 spiro atoms. The molecule has 2 unspecified atom stereocenters. The fourth-order valence-corrected chi connectivity index (χ4v) is 5.15. The highest BCUT2D eigenvalue weighted by Crippen LogP contribution is 2.43. The van der Waals surface area contributed by atoms with Crippen LogP contribution >= 0.6 is 12.2 Å². The Hall–Kier alpha value is -3.97. The average molecular weight is 469 g/mol. The normalized spacial score (nSPS) is 17.6. The molecule has 34 heavy (non-hydrogen) atoms. The van der Waals surface area contributed by atoms with Gasteiger partial charge in [0.15, 0.2) is 5.11 Å². The van der Waals surface area contributed by atoms with Gasteiger partial charge < -0.3 is 19.9 Å². The van der Waals surface area contributed by atoms with Gasteiger partial charge >= 0.3 is 5.97 Å². The Morgan fingerprint density at radius 1 is 0.971 bits per heavy atom. The summed E-state index contributed by atoms with van der Waals surface area (Å²) in [5.74, 6) is -0.944. The minimum atomic E-state index is -0.944. The first-order valence-electron chi connectivity index (χ1n) is 11.0. The highest BCUT2D eigenvalue weighted by Gasteiger charge is 2.42. The van der Waals surface area contributed by atoms with Crippen LogP contribution in [0.5, 0.6) is 0 Å². The van der Waals surface area contributed by atoms with Crippen molar-refractivity contribution < 1.29 is 9.90 Å². The van der Waals surface area contributed by atoms with Crippen molar-refractivity contribution in [1.29, 1.82) is 0 Å². The number of carboxylic acid groups (broad SMARTS) is 1. The van der Waals surface area contributed by atoms with Crippen molar-refractivity contribution >= 4 is 29.0 Å². The van der Waals surface area contributed by atoms with Crippen LogP contribution in [0.4, 0.5) is 5.69 Å². The predicted octanol–water partition coefficient (Wildman–Crippen LogP) is 5.36. The summed E-state index contributed by atoms with van der Waals surface area (Å²) < 4.78 is 2.10. The highest BCUT2D eigenvalue weighted by atomic mass is 32.1. The van der Waals surface area contributed by atoms with Crippen molar-refractivity contribution in [2.75, 3.05) is 4.90 Å². The van der Waals surface area contributed by atoms with E-state index >= 15 is 0 Å². The van der Waals surface area contributed by atoms with Crippen LogP contribution in [0.3, 0.4) is 0 Å². The lowest BCUT2D eigenvalue weighted by atomic mass is 9.96. The van der Waals surface area contributed by atoms with E-state index in [1.807, 2.05) is 49.4 Å². The maximum atomic E-state index is 11.6. The Morgan fingerprint density at radius 3 is 2.41 bits per heavy atom. The van der Waals surface area contributed by atoms with Crippen LogP contribution in [0.2, 0.25) is 0 Å². The standard InChI is InChI=1S/C27H24N4O2S/c1-17-15-22(18(2)30(17)21-12-8-9-19(16-21)26(32)33)25-24(23-13-6-7-14-28-23)29-27(34)31(25)20-10-4-3-5-11-20/h3-16,24-25H,1-2H3,(H,29,34)(H,32,33). The van der Waals surface area contributed by atoms with Crippen molar-refractivity contribution in [3.05, 3.63) is 113 Å². The largest absolute Gasteiger partial charge is 0.478 e. The summed E-state index contributed by atoms with van der Waals surface area (Å²) in [5, 5.41) is 13.6. The second-order valence-electron chi connectivity index (χ2n) is 8.35. The number of para-hydroxylation sites is 1. The molecule has 3 heterocycles. The van der Waals surface area contributed by atoms with Gasteiger partial charge in [0.25, 0.3) is 0 Å². The molecule has 1 saturated heterocycles. The SMILES string of the molecule is Cc1cc(C2C(c3ccccn3)NC(=S)N2c2ccccc2)c(C)n1-c1cccc(C(=O)O)c1. The van der Waals surface area contributed by atoms with Crippen molar-refractivity contribution in [2.24, 2.45) is 0 Å². The summed E-state index contributed by atoms with van der Waals surface area (Å²) in [6.07, 6.45) is 1.79. The summed E-state index contributed by atoms with van der Waals surface area (Å²) in [7, 11) is 0. The van der Waals surface area contributed by atoms with Gasteiger partial charge in [0.2, 0.25) is 0 Å². The average Bonchev–Trinajstić information content (AvgIpc) is 3.35. The van der Waals surface area contributed by atoms with E-state index in [9.17, 15) is 9.90 Å². The van der Waals surface area contributed by atoms with E-state index < -0.39 is 5.97 Å². The number of hydrogen-bond donors (Lipinski definition) is 2. The van der Waals surface area contributed by atoms with Gasteiger partial charge in [0, 0.05) is 29.0 Å². The number of carbonyl (C=O) groups is 1. The number of carboxylic acids is 1. The number of aromatic nitrogens is 2. The minimum absolute atomic E-state index is 0.132. The van der Waals surface area contributed by atoms with E-state index in [1.165, 1.54) is 0 Å². The van der Waals surface area contributed by atoms with E-state index in [2.05, 4.69) is 44.9 Å². The van der Waals surface area contributed by atoms with Gasteiger partial charge in [-0.05, 0) is 80.2 Å². The Balaban J connectivity index is 1.67. The van der Waals surface area contributed by atoms with Gasteiger partial charge in [0.1, 0.15) is 0 Å². The van der Waals surface area contributed by atoms with Gasteiger partial charge in [-0.1, -0.05) is 30.3 Å². The van der Waals surface area contributed by atoms with E-state index in [0.29, 0.717) is 5.11 Å². The monoisotopic (exact) mass is 468 g/mol. The zero-order valence-corrected chi connectivity index (χ0v) is 19.7. The number of nitrogens with one attached hydrogen (secondary N) is 1. The summed E-state index contributed by atoms with van der Waals surface area (Å²) >= 11 is 5.81. The molecule has 2 aromatic carbocycles. The molecule has 7 heteroatoms. The van der Waals surface area contributed by atoms with Gasteiger partial charge in [-0.2, -0.15) is 0 Å². The van der Waals surface area contributed by atoms with Gasteiger partial charge in [-0.25, -0.2) is 4.79 Å². The van der Waals surface area contributed by atoms with Gasteiger partial charge in [-0.15, -0.1) is 0 Å². The zero-order valence-electron chi connectivity index (χ0n) is 18.8. The van der Waals surface area contributed by atoms with Crippen LogP contribution in [-0.4, -0.2) is 25.7 Å². The number of benzene rings is 2. The maximum Gasteiger partial charge on any atom is 0.335 e. The first-order valence-corrected chi connectivity index (χ1v) is 11.4. The Kier molecular flexibility index (Phi) is 5.63. The topological polar surface area (TPSA) is 70.4 Å². The summed E-state index contributed by atoms with van der Waals surface area (Å²) in [6.45, 7) is 4.10. The number of hydrogen-bond acceptors (Lipinski definition) is 3. The predicted molar refractivity (Wildman–Crippen MR) is 137 cm³/mol. The lowest BCUT2D eigenvalue weighted by Crippen LogP contribution is -2.29. The summed E-state index contributed by atoms with van der Waals surface area (Å²) in [5.41, 5.74) is 6.12. The molecule has 0 amide bonds. The van der Waals surface area contributed by atoms with Crippen molar-refractivity contribution in [1.82, 2.24) is 14.9 Å². The Labute approximate surface area is 203 Å². The van der Waals surface area contributed by atoms with Crippen molar-refractivity contribution in [2.45, 2.75) is 25.9 Å². The molecule has 1 fully saturated rings. The first kappa shape index (κ1) is 21.9. The van der Waals surface area contributed by atoms with Crippen LogP contribution < -0.4 is 10.2 Å². The molecular weight excluding hydrogens is 444 g/mol. The number of aryl methyl sites for hydroxylation is 1. The number of nitrogens with zero attached hydrogens (tertiary/aromatic N) is 3. The zero-order chi connectivity index (χ0) is 23.8. The number of aromatic carboxylic acids is 1. The fourth-order valence-electron chi connectivity index (χ4n) is 4.80. The van der Waals surface area contributed by atoms with Gasteiger partial charge in [-0.3, -0.25) is 4.98 Å². The molecule has 6 nitrogen and oxygen atoms in total. The van der Waals surface area contributed by atoms with Crippen LogP contribution in [0.25, 0.3) is 5.69 Å². The number of anilines is 1. The molecule has 0 saturated carbocycles. The number of thiocarbonyl (C=S) groups is 1. The maximum absolute atomic E-state index is 11.6. The van der Waals surface area contributed by atoms with E-state index in [1.54, 1.807) is 24.4 Å². The Bertz CT molecular complexity index is 1370. The molecule has 170 valence electrons. The molecule has 0 bridgehead atoms. The fraction of sp³-hybridized carbons (Fsp3) is 0.148. The highest BCUT2D eigenvalue weighted by molar-refractivity contribution is 7.80.